The molecule has 138 valence electrons. The van der Waals surface area contributed by atoms with E-state index in [0.717, 1.165) is 17.5 Å². The monoisotopic (exact) mass is 380 g/mol. The molecule has 3 aromatic rings. The predicted molar refractivity (Wildman–Crippen MR) is 108 cm³/mol. The first-order valence-corrected chi connectivity index (χ1v) is 9.99. The summed E-state index contributed by atoms with van der Waals surface area (Å²) in [6.07, 6.45) is 0.773. The van der Waals surface area contributed by atoms with Crippen LogP contribution in [0.5, 0.6) is 0 Å². The summed E-state index contributed by atoms with van der Waals surface area (Å²) < 4.78 is 14.0. The van der Waals surface area contributed by atoms with Crippen LogP contribution in [0, 0.1) is 5.82 Å². The molecule has 2 heterocycles. The van der Waals surface area contributed by atoms with E-state index in [0.29, 0.717) is 31.9 Å². The fraction of sp³-hybridized carbons (Fsp3) is 0.227. The quantitative estimate of drug-likeness (QED) is 0.668. The maximum Gasteiger partial charge on any atom is 0.254 e. The van der Waals surface area contributed by atoms with Gasteiger partial charge >= 0.3 is 0 Å². The molecular weight excluding hydrogens is 359 g/mol. The summed E-state index contributed by atoms with van der Waals surface area (Å²) in [6.45, 7) is 2.47. The van der Waals surface area contributed by atoms with Gasteiger partial charge in [0, 0.05) is 43.0 Å². The van der Waals surface area contributed by atoms with Gasteiger partial charge in [-0.05, 0) is 35.2 Å². The van der Waals surface area contributed by atoms with Gasteiger partial charge in [-0.1, -0.05) is 36.4 Å². The van der Waals surface area contributed by atoms with Crippen LogP contribution in [0.15, 0.2) is 66.0 Å². The summed E-state index contributed by atoms with van der Waals surface area (Å²) in [5, 5.41) is 2.06. The fourth-order valence-electron chi connectivity index (χ4n) is 3.51. The standard InChI is InChI=1S/C22H21FN2OS/c23-20-9-3-4-10-21(20)24-11-13-25(14-12-24)22(26)19-8-2-1-6-17(19)16-18-7-5-15-27-18/h1-10,15H,11-14,16H2. The topological polar surface area (TPSA) is 23.6 Å². The molecule has 3 nitrogen and oxygen atoms in total. The van der Waals surface area contributed by atoms with E-state index >= 15 is 0 Å². The fourth-order valence-corrected chi connectivity index (χ4v) is 4.24. The van der Waals surface area contributed by atoms with E-state index in [4.69, 9.17) is 0 Å². The van der Waals surface area contributed by atoms with Crippen LogP contribution in [-0.2, 0) is 6.42 Å². The second-order valence-electron chi connectivity index (χ2n) is 6.64. The molecule has 1 fully saturated rings. The van der Waals surface area contributed by atoms with Gasteiger partial charge in [0.1, 0.15) is 5.82 Å². The molecule has 0 unspecified atom stereocenters. The van der Waals surface area contributed by atoms with Crippen molar-refractivity contribution in [3.63, 3.8) is 0 Å². The van der Waals surface area contributed by atoms with Gasteiger partial charge < -0.3 is 9.80 Å². The second kappa shape index (κ2) is 7.92. The van der Waals surface area contributed by atoms with E-state index in [2.05, 4.69) is 11.4 Å². The number of amides is 1. The van der Waals surface area contributed by atoms with Crippen LogP contribution < -0.4 is 4.90 Å². The third kappa shape index (κ3) is 3.88. The third-order valence-electron chi connectivity index (χ3n) is 4.95. The van der Waals surface area contributed by atoms with Crippen LogP contribution in [0.25, 0.3) is 0 Å². The number of carbonyl (C=O) groups is 1. The van der Waals surface area contributed by atoms with E-state index in [-0.39, 0.29) is 11.7 Å². The second-order valence-corrected chi connectivity index (χ2v) is 7.68. The van der Waals surface area contributed by atoms with Crippen molar-refractivity contribution in [3.8, 4) is 0 Å². The minimum absolute atomic E-state index is 0.0651. The average molecular weight is 380 g/mol. The molecule has 0 saturated carbocycles. The molecule has 0 spiro atoms. The van der Waals surface area contributed by atoms with Gasteiger partial charge in [-0.2, -0.15) is 0 Å². The average Bonchev–Trinajstić information content (AvgIpc) is 3.22. The van der Waals surface area contributed by atoms with Crippen molar-refractivity contribution in [2.75, 3.05) is 31.1 Å². The summed E-state index contributed by atoms with van der Waals surface area (Å²) >= 11 is 1.71. The van der Waals surface area contributed by atoms with Crippen LogP contribution >= 0.6 is 11.3 Å². The van der Waals surface area contributed by atoms with Gasteiger partial charge in [0.2, 0.25) is 0 Å². The summed E-state index contributed by atoms with van der Waals surface area (Å²) in [7, 11) is 0. The van der Waals surface area contributed by atoms with Crippen LogP contribution in [0.3, 0.4) is 0 Å². The van der Waals surface area contributed by atoms with Crippen molar-refractivity contribution >= 4 is 22.9 Å². The largest absolute Gasteiger partial charge is 0.366 e. The first-order valence-electron chi connectivity index (χ1n) is 9.11. The zero-order valence-electron chi connectivity index (χ0n) is 15.0. The van der Waals surface area contributed by atoms with Gasteiger partial charge in [-0.3, -0.25) is 4.79 Å². The normalized spacial score (nSPS) is 14.4. The number of halogens is 1. The SMILES string of the molecule is O=C(c1ccccc1Cc1cccs1)N1CCN(c2ccccc2F)CC1. The number of piperazine rings is 1. The lowest BCUT2D eigenvalue weighted by Gasteiger charge is -2.36. The molecule has 0 bridgehead atoms. The molecule has 0 atom stereocenters. The molecule has 2 aromatic carbocycles. The third-order valence-corrected chi connectivity index (χ3v) is 5.83. The van der Waals surface area contributed by atoms with Crippen LogP contribution in [0.4, 0.5) is 10.1 Å². The lowest BCUT2D eigenvalue weighted by molar-refractivity contribution is 0.0745. The number of hydrogen-bond donors (Lipinski definition) is 0. The highest BCUT2D eigenvalue weighted by Crippen LogP contribution is 2.23. The Hall–Kier alpha value is -2.66. The molecule has 4 rings (SSSR count). The van der Waals surface area contributed by atoms with Crippen molar-refractivity contribution in [2.24, 2.45) is 0 Å². The number of thiophene rings is 1. The lowest BCUT2D eigenvalue weighted by atomic mass is 10.0. The Morgan fingerprint density at radius 1 is 0.926 bits per heavy atom. The number of nitrogens with zero attached hydrogens (tertiary/aromatic N) is 2. The molecule has 1 aromatic heterocycles. The zero-order valence-corrected chi connectivity index (χ0v) is 15.8. The van der Waals surface area contributed by atoms with Crippen molar-refractivity contribution in [1.29, 1.82) is 0 Å². The molecule has 5 heteroatoms. The minimum Gasteiger partial charge on any atom is -0.366 e. The number of benzene rings is 2. The summed E-state index contributed by atoms with van der Waals surface area (Å²) in [6, 6.07) is 18.8. The number of anilines is 1. The van der Waals surface area contributed by atoms with E-state index in [1.54, 1.807) is 23.5 Å². The molecule has 0 radical (unpaired) electrons. The highest BCUT2D eigenvalue weighted by molar-refractivity contribution is 7.09. The van der Waals surface area contributed by atoms with Gasteiger partial charge in [0.05, 0.1) is 5.69 Å². The number of hydrogen-bond acceptors (Lipinski definition) is 3. The number of carbonyl (C=O) groups excluding carboxylic acids is 1. The van der Waals surface area contributed by atoms with Crippen molar-refractivity contribution < 1.29 is 9.18 Å². The summed E-state index contributed by atoms with van der Waals surface area (Å²) in [4.78, 5) is 18.2. The summed E-state index contributed by atoms with van der Waals surface area (Å²) in [5.74, 6) is -0.145. The first kappa shape index (κ1) is 17.7. The van der Waals surface area contributed by atoms with Crippen LogP contribution in [-0.4, -0.2) is 37.0 Å². The van der Waals surface area contributed by atoms with E-state index < -0.39 is 0 Å². The molecular formula is C22H21FN2OS. The molecule has 1 aliphatic rings. The lowest BCUT2D eigenvalue weighted by Crippen LogP contribution is -2.49. The Morgan fingerprint density at radius 2 is 1.67 bits per heavy atom. The van der Waals surface area contributed by atoms with Crippen LogP contribution in [0.1, 0.15) is 20.8 Å². The molecule has 0 aliphatic carbocycles. The zero-order chi connectivity index (χ0) is 18.6. The maximum absolute atomic E-state index is 14.0. The van der Waals surface area contributed by atoms with E-state index in [1.165, 1.54) is 10.9 Å². The number of rotatable bonds is 4. The highest BCUT2D eigenvalue weighted by atomic mass is 32.1. The van der Waals surface area contributed by atoms with Gasteiger partial charge in [-0.15, -0.1) is 11.3 Å². The van der Waals surface area contributed by atoms with E-state index in [1.807, 2.05) is 46.2 Å². The smallest absolute Gasteiger partial charge is 0.254 e. The Morgan fingerprint density at radius 3 is 2.41 bits per heavy atom. The Labute approximate surface area is 162 Å². The van der Waals surface area contributed by atoms with Crippen LogP contribution in [0.2, 0.25) is 0 Å². The Balaban J connectivity index is 1.46. The summed E-state index contributed by atoms with van der Waals surface area (Å²) in [5.41, 5.74) is 2.44. The van der Waals surface area contributed by atoms with Crippen molar-refractivity contribution in [3.05, 3.63) is 87.9 Å². The molecule has 1 amide bonds. The highest BCUT2D eigenvalue weighted by Gasteiger charge is 2.24. The van der Waals surface area contributed by atoms with Gasteiger partial charge in [-0.25, -0.2) is 4.39 Å². The Kier molecular flexibility index (Phi) is 5.21. The van der Waals surface area contributed by atoms with Crippen molar-refractivity contribution in [1.82, 2.24) is 4.90 Å². The minimum atomic E-state index is -0.210. The predicted octanol–water partition coefficient (Wildman–Crippen LogP) is 4.44. The van der Waals surface area contributed by atoms with Gasteiger partial charge in [0.15, 0.2) is 0 Å². The van der Waals surface area contributed by atoms with E-state index in [9.17, 15) is 9.18 Å². The van der Waals surface area contributed by atoms with Gasteiger partial charge in [0.25, 0.3) is 5.91 Å². The molecule has 1 aliphatic heterocycles. The maximum atomic E-state index is 14.0. The molecule has 0 N–H and O–H groups in total. The first-order chi connectivity index (χ1) is 13.2. The Bertz CT molecular complexity index is 918. The van der Waals surface area contributed by atoms with Crippen molar-refractivity contribution in [2.45, 2.75) is 6.42 Å². The molecule has 1 saturated heterocycles. The number of para-hydroxylation sites is 1. The molecule has 27 heavy (non-hydrogen) atoms.